The predicted molar refractivity (Wildman–Crippen MR) is 110 cm³/mol. The number of methoxy groups -OCH3 is 2. The van der Waals surface area contributed by atoms with Gasteiger partial charge in [-0.3, -0.25) is 9.59 Å². The summed E-state index contributed by atoms with van der Waals surface area (Å²) in [5.74, 6) is -4.70. The highest BCUT2D eigenvalue weighted by Crippen LogP contribution is 2.28. The van der Waals surface area contributed by atoms with Crippen LogP contribution in [0.3, 0.4) is 0 Å². The molecule has 0 aliphatic heterocycles. The lowest BCUT2D eigenvalue weighted by Gasteiger charge is -2.20. The second-order valence-corrected chi connectivity index (χ2v) is 6.48. The Morgan fingerprint density at radius 2 is 1.74 bits per heavy atom. The Hall–Kier alpha value is -3.49. The third-order valence-electron chi connectivity index (χ3n) is 4.27. The maximum atomic E-state index is 13.8. The monoisotopic (exact) mass is 436 g/mol. The van der Waals surface area contributed by atoms with Crippen molar-refractivity contribution in [3.63, 3.8) is 0 Å². The predicted octanol–water partition coefficient (Wildman–Crippen LogP) is 4.01. The van der Waals surface area contributed by atoms with Gasteiger partial charge in [0.25, 0.3) is 0 Å². The van der Waals surface area contributed by atoms with Gasteiger partial charge in [0.15, 0.2) is 29.0 Å². The molecule has 0 spiro atoms. The van der Waals surface area contributed by atoms with Crippen LogP contribution in [0, 0.1) is 17.5 Å². The van der Waals surface area contributed by atoms with E-state index >= 15 is 0 Å². The highest BCUT2D eigenvalue weighted by Gasteiger charge is 2.18. The second kappa shape index (κ2) is 11.1. The van der Waals surface area contributed by atoms with Crippen LogP contribution in [0.4, 0.5) is 18.9 Å². The Balaban J connectivity index is 2.09. The standard InChI is InChI=1S/C22H23F3N2O4/c1-4-11-27(13-19(28)26-16-8-7-15(23)21(24)22(16)25)20(29)10-6-14-5-9-17(30-2)18(12-14)31-3/h5-10,12H,4,11,13H2,1-3H3,(H,26,28)/b10-6+. The lowest BCUT2D eigenvalue weighted by Crippen LogP contribution is -2.37. The van der Waals surface area contributed by atoms with E-state index in [9.17, 15) is 22.8 Å². The summed E-state index contributed by atoms with van der Waals surface area (Å²) in [6, 6.07) is 6.72. The number of carbonyl (C=O) groups excluding carboxylic acids is 2. The number of carbonyl (C=O) groups is 2. The average Bonchev–Trinajstić information content (AvgIpc) is 2.77. The van der Waals surface area contributed by atoms with Crippen LogP contribution in [0.2, 0.25) is 0 Å². The number of ether oxygens (including phenoxy) is 2. The molecule has 2 rings (SSSR count). The summed E-state index contributed by atoms with van der Waals surface area (Å²) in [4.78, 5) is 26.0. The van der Waals surface area contributed by atoms with Gasteiger partial charge in [-0.25, -0.2) is 13.2 Å². The zero-order valence-corrected chi connectivity index (χ0v) is 17.4. The number of rotatable bonds is 9. The van der Waals surface area contributed by atoms with Gasteiger partial charge in [-0.2, -0.15) is 0 Å². The molecular formula is C22H23F3N2O4. The fourth-order valence-corrected chi connectivity index (χ4v) is 2.75. The SMILES string of the molecule is CCCN(CC(=O)Nc1ccc(F)c(F)c1F)C(=O)/C=C/c1ccc(OC)c(OC)c1. The molecule has 31 heavy (non-hydrogen) atoms. The number of hydrogen-bond donors (Lipinski definition) is 1. The molecule has 0 saturated heterocycles. The maximum Gasteiger partial charge on any atom is 0.247 e. The molecule has 0 aromatic heterocycles. The molecule has 166 valence electrons. The quantitative estimate of drug-likeness (QED) is 0.477. The van der Waals surface area contributed by atoms with Crippen molar-refractivity contribution in [2.45, 2.75) is 13.3 Å². The molecule has 0 aliphatic rings. The third kappa shape index (κ3) is 6.24. The number of nitrogens with one attached hydrogen (secondary N) is 1. The summed E-state index contributed by atoms with van der Waals surface area (Å²) in [5.41, 5.74) is 0.171. The minimum absolute atomic E-state index is 0.267. The average molecular weight is 436 g/mol. The number of amides is 2. The highest BCUT2D eigenvalue weighted by molar-refractivity contribution is 5.98. The summed E-state index contributed by atoms with van der Waals surface area (Å²) in [7, 11) is 3.00. The van der Waals surface area contributed by atoms with Gasteiger partial charge in [0.05, 0.1) is 19.9 Å². The molecule has 2 amide bonds. The van der Waals surface area contributed by atoms with Crippen molar-refractivity contribution in [3.05, 3.63) is 59.4 Å². The van der Waals surface area contributed by atoms with Crippen molar-refractivity contribution < 1.29 is 32.2 Å². The first kappa shape index (κ1) is 23.8. The number of nitrogens with zero attached hydrogens (tertiary/aromatic N) is 1. The van der Waals surface area contributed by atoms with Gasteiger partial charge >= 0.3 is 0 Å². The molecule has 0 saturated carbocycles. The second-order valence-electron chi connectivity index (χ2n) is 6.48. The molecule has 0 unspecified atom stereocenters. The van der Waals surface area contributed by atoms with Crippen LogP contribution in [-0.2, 0) is 9.59 Å². The van der Waals surface area contributed by atoms with Crippen molar-refractivity contribution in [2.75, 3.05) is 32.6 Å². The topological polar surface area (TPSA) is 67.9 Å². The van der Waals surface area contributed by atoms with Crippen molar-refractivity contribution in [1.82, 2.24) is 4.90 Å². The van der Waals surface area contributed by atoms with Crippen LogP contribution in [0.5, 0.6) is 11.5 Å². The Bertz CT molecular complexity index is 979. The first-order valence-corrected chi connectivity index (χ1v) is 9.43. The van der Waals surface area contributed by atoms with E-state index in [4.69, 9.17) is 9.47 Å². The van der Waals surface area contributed by atoms with Crippen LogP contribution < -0.4 is 14.8 Å². The van der Waals surface area contributed by atoms with E-state index in [2.05, 4.69) is 5.32 Å². The van der Waals surface area contributed by atoms with Crippen molar-refractivity contribution in [3.8, 4) is 11.5 Å². The first-order chi connectivity index (χ1) is 14.8. The molecule has 0 bridgehead atoms. The molecule has 1 N–H and O–H groups in total. The summed E-state index contributed by atoms with van der Waals surface area (Å²) in [5, 5.41) is 2.15. The summed E-state index contributed by atoms with van der Waals surface area (Å²) in [6.45, 7) is 1.70. The third-order valence-corrected chi connectivity index (χ3v) is 4.27. The largest absolute Gasteiger partial charge is 0.493 e. The van der Waals surface area contributed by atoms with E-state index in [-0.39, 0.29) is 13.1 Å². The zero-order chi connectivity index (χ0) is 23.0. The molecule has 9 heteroatoms. The lowest BCUT2D eigenvalue weighted by atomic mass is 10.2. The van der Waals surface area contributed by atoms with Crippen molar-refractivity contribution in [1.29, 1.82) is 0 Å². The lowest BCUT2D eigenvalue weighted by molar-refractivity contribution is -0.130. The number of benzene rings is 2. The maximum absolute atomic E-state index is 13.8. The molecule has 2 aromatic rings. The Labute approximate surface area is 178 Å². The molecule has 0 aliphatic carbocycles. The minimum atomic E-state index is -1.68. The van der Waals surface area contributed by atoms with Gasteiger partial charge in [0.2, 0.25) is 11.8 Å². The number of anilines is 1. The van der Waals surface area contributed by atoms with Gasteiger partial charge < -0.3 is 19.7 Å². The van der Waals surface area contributed by atoms with E-state index in [1.54, 1.807) is 24.3 Å². The van der Waals surface area contributed by atoms with Gasteiger partial charge in [-0.05, 0) is 42.3 Å². The van der Waals surface area contributed by atoms with Crippen LogP contribution >= 0.6 is 0 Å². The molecule has 0 radical (unpaired) electrons. The molecule has 0 fully saturated rings. The van der Waals surface area contributed by atoms with Gasteiger partial charge in [-0.1, -0.05) is 13.0 Å². The highest BCUT2D eigenvalue weighted by atomic mass is 19.2. The number of hydrogen-bond acceptors (Lipinski definition) is 4. The van der Waals surface area contributed by atoms with E-state index in [0.717, 1.165) is 6.07 Å². The molecular weight excluding hydrogens is 413 g/mol. The van der Waals surface area contributed by atoms with Crippen molar-refractivity contribution in [2.24, 2.45) is 0 Å². The zero-order valence-electron chi connectivity index (χ0n) is 17.4. The van der Waals surface area contributed by atoms with Gasteiger partial charge in [0, 0.05) is 12.6 Å². The fourth-order valence-electron chi connectivity index (χ4n) is 2.75. The molecule has 0 heterocycles. The molecule has 6 nitrogen and oxygen atoms in total. The van der Waals surface area contributed by atoms with E-state index in [1.807, 2.05) is 6.92 Å². The summed E-state index contributed by atoms with van der Waals surface area (Å²) in [6.07, 6.45) is 3.42. The Morgan fingerprint density at radius 1 is 1.03 bits per heavy atom. The molecule has 2 aromatic carbocycles. The fraction of sp³-hybridized carbons (Fsp3) is 0.273. The van der Waals surface area contributed by atoms with E-state index in [1.165, 1.54) is 25.2 Å². The van der Waals surface area contributed by atoms with Crippen LogP contribution in [-0.4, -0.2) is 44.0 Å². The van der Waals surface area contributed by atoms with Crippen LogP contribution in [0.25, 0.3) is 6.08 Å². The van der Waals surface area contributed by atoms with Gasteiger partial charge in [0.1, 0.15) is 6.54 Å². The van der Waals surface area contributed by atoms with Gasteiger partial charge in [-0.15, -0.1) is 0 Å². The summed E-state index contributed by atoms with van der Waals surface area (Å²) < 4.78 is 50.5. The Kier molecular flexibility index (Phi) is 8.48. The van der Waals surface area contributed by atoms with Crippen LogP contribution in [0.1, 0.15) is 18.9 Å². The smallest absolute Gasteiger partial charge is 0.247 e. The van der Waals surface area contributed by atoms with E-state index < -0.39 is 35.0 Å². The van der Waals surface area contributed by atoms with E-state index in [0.29, 0.717) is 29.5 Å². The Morgan fingerprint density at radius 3 is 2.39 bits per heavy atom. The normalized spacial score (nSPS) is 10.8. The number of halogens is 3. The van der Waals surface area contributed by atoms with Crippen molar-refractivity contribution >= 4 is 23.6 Å². The van der Waals surface area contributed by atoms with Crippen LogP contribution in [0.15, 0.2) is 36.4 Å². The first-order valence-electron chi connectivity index (χ1n) is 9.43. The minimum Gasteiger partial charge on any atom is -0.493 e. The summed E-state index contributed by atoms with van der Waals surface area (Å²) >= 11 is 0. The molecule has 0 atom stereocenters.